The SMILES string of the molecule is C/C=C\O/C(=C/CC)NC(=O)c1ccc(C(C)C)cc1OC.CC. The van der Waals surface area contributed by atoms with Crippen molar-refractivity contribution < 1.29 is 14.3 Å². The Hall–Kier alpha value is -2.23. The van der Waals surface area contributed by atoms with Gasteiger partial charge in [-0.25, -0.2) is 0 Å². The van der Waals surface area contributed by atoms with E-state index in [0.717, 1.165) is 12.0 Å². The van der Waals surface area contributed by atoms with Crippen LogP contribution >= 0.6 is 0 Å². The molecule has 0 bridgehead atoms. The van der Waals surface area contributed by atoms with E-state index in [9.17, 15) is 4.79 Å². The molecule has 1 N–H and O–H groups in total. The fraction of sp³-hybridized carbons (Fsp3) is 0.450. The van der Waals surface area contributed by atoms with E-state index in [4.69, 9.17) is 9.47 Å². The standard InChI is InChI=1S/C18H25NO3.C2H6/c1-6-8-17(22-11-7-2)19-18(20)15-10-9-14(13(3)4)12-16(15)21-5;1-2/h7-13H,6H2,1-5H3,(H,19,20);1-2H3/b11-7-,17-8+;. The second-order valence-corrected chi connectivity index (χ2v) is 5.13. The Kier molecular flexibility index (Phi) is 11.1. The second-order valence-electron chi connectivity index (χ2n) is 5.13. The Balaban J connectivity index is 0.00000254. The number of carbonyl (C=O) groups excluding carboxylic acids is 1. The van der Waals surface area contributed by atoms with Crippen molar-refractivity contribution in [3.05, 3.63) is 53.6 Å². The lowest BCUT2D eigenvalue weighted by atomic mass is 10.0. The lowest BCUT2D eigenvalue weighted by Gasteiger charge is -2.13. The van der Waals surface area contributed by atoms with Crippen molar-refractivity contribution >= 4 is 5.91 Å². The molecule has 4 nitrogen and oxygen atoms in total. The molecule has 1 rings (SSSR count). The molecule has 0 saturated heterocycles. The number of ether oxygens (including phenoxy) is 2. The highest BCUT2D eigenvalue weighted by Crippen LogP contribution is 2.24. The molecule has 1 amide bonds. The zero-order valence-electron chi connectivity index (χ0n) is 16.0. The Morgan fingerprint density at radius 1 is 1.29 bits per heavy atom. The number of carbonyl (C=O) groups is 1. The summed E-state index contributed by atoms with van der Waals surface area (Å²) in [5.41, 5.74) is 1.61. The first-order valence-corrected chi connectivity index (χ1v) is 8.50. The molecule has 4 heteroatoms. The summed E-state index contributed by atoms with van der Waals surface area (Å²) in [5.74, 6) is 1.10. The van der Waals surface area contributed by atoms with Crippen molar-refractivity contribution in [1.29, 1.82) is 0 Å². The average Bonchev–Trinajstić information content (AvgIpc) is 2.60. The monoisotopic (exact) mass is 333 g/mol. The molecule has 24 heavy (non-hydrogen) atoms. The Labute approximate surface area is 146 Å². The Morgan fingerprint density at radius 2 is 1.96 bits per heavy atom. The number of rotatable bonds is 7. The zero-order chi connectivity index (χ0) is 18.5. The number of nitrogens with one attached hydrogen (secondary N) is 1. The van der Waals surface area contributed by atoms with Crippen molar-refractivity contribution in [2.24, 2.45) is 0 Å². The lowest BCUT2D eigenvalue weighted by molar-refractivity contribution is 0.0939. The topological polar surface area (TPSA) is 47.6 Å². The predicted molar refractivity (Wildman–Crippen MR) is 100 cm³/mol. The number of amides is 1. The molecule has 0 saturated carbocycles. The van der Waals surface area contributed by atoms with E-state index in [1.54, 1.807) is 19.3 Å². The van der Waals surface area contributed by atoms with Gasteiger partial charge in [-0.2, -0.15) is 0 Å². The molecule has 0 unspecified atom stereocenters. The van der Waals surface area contributed by atoms with Crippen LogP contribution in [-0.2, 0) is 4.74 Å². The largest absolute Gasteiger partial charge is 0.496 e. The third-order valence-electron chi connectivity index (χ3n) is 3.09. The van der Waals surface area contributed by atoms with Crippen LogP contribution in [0.25, 0.3) is 0 Å². The summed E-state index contributed by atoms with van der Waals surface area (Å²) in [5, 5.41) is 2.76. The van der Waals surface area contributed by atoms with E-state index in [-0.39, 0.29) is 5.91 Å². The molecule has 0 heterocycles. The van der Waals surface area contributed by atoms with Gasteiger partial charge >= 0.3 is 0 Å². The minimum atomic E-state index is -0.253. The molecule has 0 atom stereocenters. The molecule has 0 spiro atoms. The Morgan fingerprint density at radius 3 is 2.46 bits per heavy atom. The number of hydrogen-bond donors (Lipinski definition) is 1. The van der Waals surface area contributed by atoms with Crippen molar-refractivity contribution in [2.75, 3.05) is 7.11 Å². The van der Waals surface area contributed by atoms with Crippen LogP contribution in [0.3, 0.4) is 0 Å². The molecule has 1 aromatic carbocycles. The highest BCUT2D eigenvalue weighted by Gasteiger charge is 2.15. The third kappa shape index (κ3) is 6.90. The highest BCUT2D eigenvalue weighted by atomic mass is 16.5. The van der Waals surface area contributed by atoms with Crippen LogP contribution in [0.2, 0.25) is 0 Å². The number of benzene rings is 1. The van der Waals surface area contributed by atoms with Crippen LogP contribution in [0.4, 0.5) is 0 Å². The van der Waals surface area contributed by atoms with Crippen molar-refractivity contribution in [3.8, 4) is 5.75 Å². The summed E-state index contributed by atoms with van der Waals surface area (Å²) in [6.45, 7) is 12.0. The second kappa shape index (κ2) is 12.2. The van der Waals surface area contributed by atoms with Gasteiger partial charge in [0.15, 0.2) is 5.88 Å². The van der Waals surface area contributed by atoms with E-state index in [1.165, 1.54) is 6.26 Å². The van der Waals surface area contributed by atoms with Gasteiger partial charge in [-0.1, -0.05) is 46.8 Å². The number of methoxy groups -OCH3 is 1. The zero-order valence-corrected chi connectivity index (χ0v) is 16.0. The van der Waals surface area contributed by atoms with E-state index < -0.39 is 0 Å². The van der Waals surface area contributed by atoms with Crippen LogP contribution in [-0.4, -0.2) is 13.0 Å². The molecule has 0 aromatic heterocycles. The van der Waals surface area contributed by atoms with E-state index in [1.807, 2.05) is 45.9 Å². The number of hydrogen-bond acceptors (Lipinski definition) is 3. The van der Waals surface area contributed by atoms with E-state index >= 15 is 0 Å². The molecule has 1 aromatic rings. The van der Waals surface area contributed by atoms with Crippen LogP contribution in [0.1, 0.15) is 69.8 Å². The maximum Gasteiger partial charge on any atom is 0.261 e. The summed E-state index contributed by atoms with van der Waals surface area (Å²) < 4.78 is 10.7. The predicted octanol–water partition coefficient (Wildman–Crippen LogP) is 5.38. The van der Waals surface area contributed by atoms with Gasteiger partial charge in [0.05, 0.1) is 18.9 Å². The van der Waals surface area contributed by atoms with Gasteiger partial charge in [0.2, 0.25) is 0 Å². The minimum absolute atomic E-state index is 0.253. The summed E-state index contributed by atoms with van der Waals surface area (Å²) >= 11 is 0. The normalized spacial score (nSPS) is 11.1. The van der Waals surface area contributed by atoms with Crippen LogP contribution < -0.4 is 10.1 Å². The third-order valence-corrected chi connectivity index (χ3v) is 3.09. The molecule has 0 aliphatic rings. The molecule has 0 aliphatic heterocycles. The first-order chi connectivity index (χ1) is 11.5. The van der Waals surface area contributed by atoms with Gasteiger partial charge in [-0.05, 0) is 43.0 Å². The first-order valence-electron chi connectivity index (χ1n) is 8.50. The summed E-state index contributed by atoms with van der Waals surface area (Å²) in [6.07, 6.45) is 5.86. The molecule has 0 fully saturated rings. The van der Waals surface area contributed by atoms with Gasteiger partial charge in [-0.15, -0.1) is 0 Å². The fourth-order valence-electron chi connectivity index (χ4n) is 1.89. The summed E-state index contributed by atoms with van der Waals surface area (Å²) in [4.78, 5) is 12.4. The van der Waals surface area contributed by atoms with Crippen LogP contribution in [0.5, 0.6) is 5.75 Å². The van der Waals surface area contributed by atoms with Crippen LogP contribution in [0, 0.1) is 0 Å². The molecule has 0 aliphatic carbocycles. The lowest BCUT2D eigenvalue weighted by Crippen LogP contribution is -2.24. The van der Waals surface area contributed by atoms with E-state index in [0.29, 0.717) is 23.1 Å². The van der Waals surface area contributed by atoms with Crippen molar-refractivity contribution in [3.63, 3.8) is 0 Å². The Bertz CT molecular complexity index is 560. The van der Waals surface area contributed by atoms with Gasteiger partial charge in [0.25, 0.3) is 5.91 Å². The fourth-order valence-corrected chi connectivity index (χ4v) is 1.89. The molecular formula is C20H31NO3. The van der Waals surface area contributed by atoms with Crippen molar-refractivity contribution in [2.45, 2.75) is 53.9 Å². The van der Waals surface area contributed by atoms with Gasteiger partial charge < -0.3 is 9.47 Å². The highest BCUT2D eigenvalue weighted by molar-refractivity contribution is 5.97. The molecule has 0 radical (unpaired) electrons. The van der Waals surface area contributed by atoms with E-state index in [2.05, 4.69) is 19.2 Å². The van der Waals surface area contributed by atoms with Gasteiger partial charge in [0.1, 0.15) is 5.75 Å². The summed E-state index contributed by atoms with van der Waals surface area (Å²) in [6, 6.07) is 5.62. The first kappa shape index (κ1) is 21.8. The average molecular weight is 333 g/mol. The minimum Gasteiger partial charge on any atom is -0.496 e. The van der Waals surface area contributed by atoms with Crippen LogP contribution in [0.15, 0.2) is 42.5 Å². The van der Waals surface area contributed by atoms with Crippen molar-refractivity contribution in [1.82, 2.24) is 5.32 Å². The molecular weight excluding hydrogens is 302 g/mol. The maximum absolute atomic E-state index is 12.4. The smallest absolute Gasteiger partial charge is 0.261 e. The van der Waals surface area contributed by atoms with Gasteiger partial charge in [0, 0.05) is 0 Å². The number of allylic oxidation sites excluding steroid dienone is 2. The summed E-state index contributed by atoms with van der Waals surface area (Å²) in [7, 11) is 1.56. The quantitative estimate of drug-likeness (QED) is 0.682. The molecule has 134 valence electrons. The van der Waals surface area contributed by atoms with Gasteiger partial charge in [-0.3, -0.25) is 10.1 Å². The maximum atomic E-state index is 12.4.